The summed E-state index contributed by atoms with van der Waals surface area (Å²) in [5, 5.41) is 2.81. The third kappa shape index (κ3) is 5.79. The monoisotopic (exact) mass is 852 g/mol. The summed E-state index contributed by atoms with van der Waals surface area (Å²) >= 11 is 2.16. The van der Waals surface area contributed by atoms with Gasteiger partial charge in [-0.2, -0.15) is 0 Å². The van der Waals surface area contributed by atoms with Gasteiger partial charge in [0.25, 0.3) is 0 Å². The molecule has 2 unspecified atom stereocenters. The van der Waals surface area contributed by atoms with Gasteiger partial charge in [0.15, 0.2) is 0 Å². The Hall–Kier alpha value is -5.19. The van der Waals surface area contributed by atoms with Crippen molar-refractivity contribution >= 4 is 57.6 Å². The van der Waals surface area contributed by atoms with Gasteiger partial charge in [-0.25, -0.2) is 0 Å². The van der Waals surface area contributed by atoms with E-state index in [0.29, 0.717) is 0 Å². The number of rotatable bonds is 3. The second-order valence-corrected chi connectivity index (χ2v) is 23.9. The van der Waals surface area contributed by atoms with Crippen LogP contribution in [0.3, 0.4) is 0 Å². The zero-order valence-electron chi connectivity index (χ0n) is 39.5. The summed E-state index contributed by atoms with van der Waals surface area (Å²) in [7, 11) is 0. The van der Waals surface area contributed by atoms with Crippen LogP contribution in [0.4, 0.5) is 22.7 Å². The number of thioether (sulfide) groups is 1. The highest BCUT2D eigenvalue weighted by atomic mass is 32.2. The van der Waals surface area contributed by atoms with E-state index in [-0.39, 0.29) is 39.7 Å². The summed E-state index contributed by atoms with van der Waals surface area (Å²) in [4.78, 5) is 7.13. The van der Waals surface area contributed by atoms with E-state index in [2.05, 4.69) is 218 Å². The Morgan fingerprint density at radius 2 is 1.14 bits per heavy atom. The van der Waals surface area contributed by atoms with E-state index in [1.54, 1.807) is 11.1 Å². The van der Waals surface area contributed by atoms with Gasteiger partial charge in [0.2, 0.25) is 0 Å². The lowest BCUT2D eigenvalue weighted by Crippen LogP contribution is -2.63. The van der Waals surface area contributed by atoms with Crippen molar-refractivity contribution in [3.8, 4) is 22.3 Å². The molecule has 0 N–H and O–H groups in total. The van der Waals surface area contributed by atoms with Crippen molar-refractivity contribution in [1.82, 2.24) is 0 Å². The third-order valence-corrected chi connectivity index (χ3v) is 18.1. The van der Waals surface area contributed by atoms with Gasteiger partial charge in [-0.15, -0.1) is 11.8 Å². The number of nitrogens with zero attached hydrogens (tertiary/aromatic N) is 2. The maximum absolute atomic E-state index is 2.87. The van der Waals surface area contributed by atoms with Gasteiger partial charge in [0.1, 0.15) is 0 Å². The number of benzene rings is 7. The summed E-state index contributed by atoms with van der Waals surface area (Å²) in [5.41, 5.74) is 22.8. The summed E-state index contributed by atoms with van der Waals surface area (Å²) in [5.74, 6) is 0. The maximum atomic E-state index is 2.87. The highest BCUT2D eigenvalue weighted by Crippen LogP contribution is 2.61. The van der Waals surface area contributed by atoms with Crippen LogP contribution < -0.4 is 15.2 Å². The lowest BCUT2D eigenvalue weighted by Gasteiger charge is -2.51. The molecule has 0 fully saturated rings. The molecule has 0 radical (unpaired) electrons. The second-order valence-electron chi connectivity index (χ2n) is 22.7. The number of fused-ring (bicyclic) bond motifs is 10. The molecule has 12 rings (SSSR count). The molecule has 3 heterocycles. The van der Waals surface area contributed by atoms with Gasteiger partial charge in [0.05, 0.1) is 6.04 Å². The number of anilines is 4. The largest absolute Gasteiger partial charge is 0.379 e. The minimum atomic E-state index is 0.0801. The van der Waals surface area contributed by atoms with E-state index in [1.165, 1.54) is 120 Å². The van der Waals surface area contributed by atoms with Crippen LogP contribution in [0.1, 0.15) is 126 Å². The lowest BCUT2D eigenvalue weighted by molar-refractivity contribution is 0.330. The Morgan fingerprint density at radius 1 is 0.547 bits per heavy atom. The Bertz CT molecular complexity index is 3080. The number of hydrogen-bond donors (Lipinski definition) is 0. The van der Waals surface area contributed by atoms with Crippen molar-refractivity contribution in [2.75, 3.05) is 9.71 Å². The number of aryl methyl sites for hydroxylation is 2. The average Bonchev–Trinajstić information content (AvgIpc) is 3.65. The molecule has 7 aromatic carbocycles. The van der Waals surface area contributed by atoms with Crippen molar-refractivity contribution < 1.29 is 0 Å². The molecule has 5 aliphatic rings. The molecule has 320 valence electrons. The van der Waals surface area contributed by atoms with Crippen LogP contribution in [-0.2, 0) is 21.7 Å². The SMILES string of the molecule is Cc1cc2c3c(c1)N(c1cc4c(cc1C)C(C)(C)CCC4(C)C)C1c4cc5c(cc4SC1B3N(c1ccc(-c3ccccc3)cc1)c1c-2ccc2ccccc12)C(C)(C)CCC5(C)C. The van der Waals surface area contributed by atoms with Crippen molar-refractivity contribution in [3.63, 3.8) is 0 Å². The van der Waals surface area contributed by atoms with Crippen LogP contribution in [0.5, 0.6) is 0 Å². The first-order valence-electron chi connectivity index (χ1n) is 23.9. The Balaban J connectivity index is 1.17. The smallest absolute Gasteiger partial charge is 0.312 e. The second kappa shape index (κ2) is 13.7. The third-order valence-electron chi connectivity index (χ3n) is 16.7. The highest BCUT2D eigenvalue weighted by molar-refractivity contribution is 8.02. The molecule has 2 atom stereocenters. The topological polar surface area (TPSA) is 6.48 Å². The quantitative estimate of drug-likeness (QED) is 0.164. The summed E-state index contributed by atoms with van der Waals surface area (Å²) in [6.07, 6.45) is 4.83. The van der Waals surface area contributed by atoms with Gasteiger partial charge in [-0.1, -0.05) is 152 Å². The lowest BCUT2D eigenvalue weighted by atomic mass is 9.43. The summed E-state index contributed by atoms with van der Waals surface area (Å²) in [6.45, 7) is 24.7. The van der Waals surface area contributed by atoms with E-state index < -0.39 is 0 Å². The molecule has 0 saturated carbocycles. The zero-order chi connectivity index (χ0) is 44.2. The summed E-state index contributed by atoms with van der Waals surface area (Å²) < 4.78 is 0. The predicted octanol–water partition coefficient (Wildman–Crippen LogP) is 15.7. The minimum absolute atomic E-state index is 0.0801. The number of hydrogen-bond acceptors (Lipinski definition) is 3. The maximum Gasteiger partial charge on any atom is 0.312 e. The predicted molar refractivity (Wildman–Crippen MR) is 276 cm³/mol. The standard InChI is InChI=1S/C60H61BN2S/c1-36-30-44-43-25-22-40-18-14-15-19-42(40)54(43)63(41-23-20-39(21-24-41)38-16-12-11-13-17-38)61-53(44)51(31-36)62(50-34-48-46(32-37(50)2)57(3,4)26-28-59(48,7)8)55-45-33-47-49(35-52(45)64-56(55)61)60(9,10)29-27-58(47,5)6/h11-25,30-35,55-56H,26-29H2,1-10H3. The molecule has 2 aliphatic carbocycles. The molecule has 0 saturated heterocycles. The summed E-state index contributed by atoms with van der Waals surface area (Å²) in [6, 6.07) is 50.0. The fraction of sp³-hybridized carbons (Fsp3) is 0.333. The zero-order valence-corrected chi connectivity index (χ0v) is 40.3. The van der Waals surface area contributed by atoms with Crippen molar-refractivity contribution in [2.45, 2.75) is 133 Å². The fourth-order valence-electron chi connectivity index (χ4n) is 12.8. The molecular weight excluding hydrogens is 792 g/mol. The van der Waals surface area contributed by atoms with E-state index in [0.717, 1.165) is 0 Å². The first kappa shape index (κ1) is 40.3. The Morgan fingerprint density at radius 3 is 1.83 bits per heavy atom. The fourth-order valence-corrected chi connectivity index (χ4v) is 14.4. The molecule has 7 aromatic rings. The molecule has 0 bridgehead atoms. The Kier molecular flexibility index (Phi) is 8.62. The van der Waals surface area contributed by atoms with Gasteiger partial charge < -0.3 is 9.71 Å². The van der Waals surface area contributed by atoms with Gasteiger partial charge in [-0.3, -0.25) is 0 Å². The molecule has 3 aliphatic heterocycles. The van der Waals surface area contributed by atoms with Crippen LogP contribution >= 0.6 is 11.8 Å². The van der Waals surface area contributed by atoms with Gasteiger partial charge in [-0.05, 0) is 158 Å². The molecular formula is C60H61BN2S. The first-order chi connectivity index (χ1) is 30.5. The molecule has 64 heavy (non-hydrogen) atoms. The van der Waals surface area contributed by atoms with E-state index >= 15 is 0 Å². The molecule has 0 aromatic heterocycles. The van der Waals surface area contributed by atoms with Crippen LogP contribution in [0, 0.1) is 13.8 Å². The van der Waals surface area contributed by atoms with Crippen LogP contribution in [0.15, 0.2) is 132 Å². The van der Waals surface area contributed by atoms with Gasteiger partial charge in [0, 0.05) is 43.7 Å². The van der Waals surface area contributed by atoms with Crippen molar-refractivity contribution in [2.24, 2.45) is 0 Å². The molecule has 4 heteroatoms. The van der Waals surface area contributed by atoms with Crippen molar-refractivity contribution in [1.29, 1.82) is 0 Å². The molecule has 2 nitrogen and oxygen atoms in total. The Labute approximate surface area is 386 Å². The van der Waals surface area contributed by atoms with Crippen molar-refractivity contribution in [3.05, 3.63) is 166 Å². The van der Waals surface area contributed by atoms with Crippen LogP contribution in [0.25, 0.3) is 33.0 Å². The van der Waals surface area contributed by atoms with E-state index in [1.807, 2.05) is 0 Å². The van der Waals surface area contributed by atoms with Gasteiger partial charge >= 0.3 is 6.85 Å². The minimum Gasteiger partial charge on any atom is -0.379 e. The molecule has 0 spiro atoms. The van der Waals surface area contributed by atoms with E-state index in [9.17, 15) is 0 Å². The average molecular weight is 853 g/mol. The first-order valence-corrected chi connectivity index (χ1v) is 24.8. The van der Waals surface area contributed by atoms with Crippen LogP contribution in [-0.4, -0.2) is 12.0 Å². The highest BCUT2D eigenvalue weighted by Gasteiger charge is 2.57. The van der Waals surface area contributed by atoms with E-state index in [4.69, 9.17) is 0 Å². The van der Waals surface area contributed by atoms with Crippen LogP contribution in [0.2, 0.25) is 0 Å². The normalized spacial score (nSPS) is 21.4. The molecule has 0 amide bonds.